The van der Waals surface area contributed by atoms with Crippen molar-refractivity contribution in [3.8, 4) is 0 Å². The molecule has 0 bridgehead atoms. The zero-order valence-electron chi connectivity index (χ0n) is 10.5. The van der Waals surface area contributed by atoms with Crippen LogP contribution in [-0.2, 0) is 13.1 Å². The topological polar surface area (TPSA) is 29.9 Å². The van der Waals surface area contributed by atoms with Crippen molar-refractivity contribution in [3.63, 3.8) is 0 Å². The Morgan fingerprint density at radius 3 is 2.84 bits per heavy atom. The van der Waals surface area contributed by atoms with E-state index in [1.807, 2.05) is 10.8 Å². The molecule has 0 unspecified atom stereocenters. The molecule has 3 nitrogen and oxygen atoms in total. The molecular weight excluding hydrogens is 316 g/mol. The molecule has 2 rings (SSSR count). The van der Waals surface area contributed by atoms with Gasteiger partial charge in [0, 0.05) is 25.0 Å². The Hall–Kier alpha value is -1.43. The van der Waals surface area contributed by atoms with Gasteiger partial charge < -0.3 is 9.88 Å². The van der Waals surface area contributed by atoms with Gasteiger partial charge in [-0.25, -0.2) is 13.8 Å². The van der Waals surface area contributed by atoms with E-state index in [2.05, 4.69) is 33.2 Å². The van der Waals surface area contributed by atoms with Crippen LogP contribution in [0.1, 0.15) is 19.2 Å². The van der Waals surface area contributed by atoms with Crippen molar-refractivity contribution in [1.82, 2.24) is 9.55 Å². The Morgan fingerprint density at radius 2 is 2.11 bits per heavy atom. The SMILES string of the molecule is CCCn1ccnc1CNc1cc(Br)c(F)cc1F. The van der Waals surface area contributed by atoms with Crippen LogP contribution in [0.15, 0.2) is 29.0 Å². The smallest absolute Gasteiger partial charge is 0.149 e. The van der Waals surface area contributed by atoms with E-state index in [-0.39, 0.29) is 10.2 Å². The van der Waals surface area contributed by atoms with Gasteiger partial charge in [-0.2, -0.15) is 0 Å². The lowest BCUT2D eigenvalue weighted by atomic mass is 10.3. The van der Waals surface area contributed by atoms with Crippen LogP contribution < -0.4 is 5.32 Å². The van der Waals surface area contributed by atoms with Crippen molar-refractivity contribution >= 4 is 21.6 Å². The molecule has 0 saturated carbocycles. The number of aromatic nitrogens is 2. The van der Waals surface area contributed by atoms with Gasteiger partial charge in [-0.3, -0.25) is 0 Å². The molecule has 0 aliphatic carbocycles. The third-order valence-electron chi connectivity index (χ3n) is 2.71. The van der Waals surface area contributed by atoms with Crippen LogP contribution in [0.25, 0.3) is 0 Å². The van der Waals surface area contributed by atoms with Gasteiger partial charge in [0.1, 0.15) is 17.5 Å². The van der Waals surface area contributed by atoms with E-state index in [4.69, 9.17) is 0 Å². The number of aryl methyl sites for hydroxylation is 1. The van der Waals surface area contributed by atoms with Crippen LogP contribution in [0.5, 0.6) is 0 Å². The summed E-state index contributed by atoms with van der Waals surface area (Å²) in [5.41, 5.74) is 0.249. The highest BCUT2D eigenvalue weighted by Crippen LogP contribution is 2.24. The molecule has 0 amide bonds. The molecular formula is C13H14BrF2N3. The van der Waals surface area contributed by atoms with E-state index in [0.29, 0.717) is 6.54 Å². The summed E-state index contributed by atoms with van der Waals surface area (Å²) >= 11 is 3.04. The molecule has 19 heavy (non-hydrogen) atoms. The Kier molecular flexibility index (Phi) is 4.52. The van der Waals surface area contributed by atoms with Crippen LogP contribution in [0.2, 0.25) is 0 Å². The van der Waals surface area contributed by atoms with Crippen LogP contribution in [0.4, 0.5) is 14.5 Å². The van der Waals surface area contributed by atoms with Gasteiger partial charge in [0.25, 0.3) is 0 Å². The minimum atomic E-state index is -0.616. The summed E-state index contributed by atoms with van der Waals surface area (Å²) in [5, 5.41) is 2.93. The number of nitrogens with zero attached hydrogens (tertiary/aromatic N) is 2. The lowest BCUT2D eigenvalue weighted by molar-refractivity contribution is 0.580. The van der Waals surface area contributed by atoms with E-state index in [0.717, 1.165) is 24.9 Å². The number of nitrogens with one attached hydrogen (secondary N) is 1. The minimum Gasteiger partial charge on any atom is -0.375 e. The first-order valence-electron chi connectivity index (χ1n) is 6.00. The van der Waals surface area contributed by atoms with Gasteiger partial charge in [-0.15, -0.1) is 0 Å². The van der Waals surface area contributed by atoms with Crippen LogP contribution >= 0.6 is 15.9 Å². The van der Waals surface area contributed by atoms with Gasteiger partial charge in [0.05, 0.1) is 16.7 Å². The second-order valence-corrected chi connectivity index (χ2v) is 4.99. The molecule has 0 radical (unpaired) electrons. The molecule has 0 fully saturated rings. The third kappa shape index (κ3) is 3.32. The molecule has 102 valence electrons. The fourth-order valence-electron chi connectivity index (χ4n) is 1.78. The molecule has 0 spiro atoms. The van der Waals surface area contributed by atoms with Gasteiger partial charge in [-0.05, 0) is 28.4 Å². The van der Waals surface area contributed by atoms with Crippen molar-refractivity contribution in [2.24, 2.45) is 0 Å². The van der Waals surface area contributed by atoms with Gasteiger partial charge >= 0.3 is 0 Å². The van der Waals surface area contributed by atoms with Crippen molar-refractivity contribution in [2.75, 3.05) is 5.32 Å². The maximum absolute atomic E-state index is 13.6. The first kappa shape index (κ1) is 14.0. The van der Waals surface area contributed by atoms with Crippen molar-refractivity contribution in [2.45, 2.75) is 26.4 Å². The average Bonchev–Trinajstić information content (AvgIpc) is 2.80. The molecule has 0 aliphatic heterocycles. The fourth-order valence-corrected chi connectivity index (χ4v) is 2.13. The number of hydrogen-bond donors (Lipinski definition) is 1. The van der Waals surface area contributed by atoms with Crippen molar-refractivity contribution in [3.05, 3.63) is 46.5 Å². The molecule has 2 aromatic rings. The number of rotatable bonds is 5. The maximum atomic E-state index is 13.6. The molecule has 0 atom stereocenters. The highest BCUT2D eigenvalue weighted by molar-refractivity contribution is 9.10. The molecule has 0 saturated heterocycles. The number of benzene rings is 1. The third-order valence-corrected chi connectivity index (χ3v) is 3.32. The summed E-state index contributed by atoms with van der Waals surface area (Å²) in [6, 6.07) is 2.24. The van der Waals surface area contributed by atoms with E-state index < -0.39 is 11.6 Å². The zero-order chi connectivity index (χ0) is 13.8. The summed E-state index contributed by atoms with van der Waals surface area (Å²) in [5.74, 6) is -0.411. The monoisotopic (exact) mass is 329 g/mol. The molecule has 1 aromatic heterocycles. The molecule has 1 N–H and O–H groups in total. The Morgan fingerprint density at radius 1 is 1.32 bits per heavy atom. The quantitative estimate of drug-likeness (QED) is 0.842. The van der Waals surface area contributed by atoms with Crippen LogP contribution in [0.3, 0.4) is 0 Å². The lowest BCUT2D eigenvalue weighted by Crippen LogP contribution is -2.09. The Balaban J connectivity index is 2.10. The highest BCUT2D eigenvalue weighted by Gasteiger charge is 2.09. The first-order valence-corrected chi connectivity index (χ1v) is 6.79. The zero-order valence-corrected chi connectivity index (χ0v) is 12.0. The van der Waals surface area contributed by atoms with E-state index in [9.17, 15) is 8.78 Å². The number of imidazole rings is 1. The Bertz CT molecular complexity index is 569. The summed E-state index contributed by atoms with van der Waals surface area (Å²) in [7, 11) is 0. The van der Waals surface area contributed by atoms with Crippen LogP contribution in [0, 0.1) is 11.6 Å². The second kappa shape index (κ2) is 6.14. The number of anilines is 1. The molecule has 0 aliphatic rings. The highest BCUT2D eigenvalue weighted by atomic mass is 79.9. The summed E-state index contributed by atoms with van der Waals surface area (Å²) in [4.78, 5) is 4.21. The van der Waals surface area contributed by atoms with E-state index in [1.165, 1.54) is 6.07 Å². The summed E-state index contributed by atoms with van der Waals surface area (Å²) in [6.45, 7) is 3.34. The predicted molar refractivity (Wildman–Crippen MR) is 73.9 cm³/mol. The van der Waals surface area contributed by atoms with Crippen LogP contribution in [-0.4, -0.2) is 9.55 Å². The second-order valence-electron chi connectivity index (χ2n) is 4.14. The predicted octanol–water partition coefficient (Wildman–Crippen LogP) is 3.95. The van der Waals surface area contributed by atoms with Gasteiger partial charge in [-0.1, -0.05) is 6.92 Å². The molecule has 1 aromatic carbocycles. The summed E-state index contributed by atoms with van der Waals surface area (Å²) < 4.78 is 28.9. The average molecular weight is 330 g/mol. The maximum Gasteiger partial charge on any atom is 0.149 e. The van der Waals surface area contributed by atoms with E-state index >= 15 is 0 Å². The van der Waals surface area contributed by atoms with E-state index in [1.54, 1.807) is 6.20 Å². The number of hydrogen-bond acceptors (Lipinski definition) is 2. The molecule has 6 heteroatoms. The normalized spacial score (nSPS) is 10.7. The molecule has 1 heterocycles. The number of halogens is 3. The van der Waals surface area contributed by atoms with Gasteiger partial charge in [0.2, 0.25) is 0 Å². The van der Waals surface area contributed by atoms with Crippen molar-refractivity contribution < 1.29 is 8.78 Å². The lowest BCUT2D eigenvalue weighted by Gasteiger charge is -2.10. The summed E-state index contributed by atoms with van der Waals surface area (Å²) in [6.07, 6.45) is 4.60. The fraction of sp³-hybridized carbons (Fsp3) is 0.308. The Labute approximate surface area is 118 Å². The van der Waals surface area contributed by atoms with Gasteiger partial charge in [0.15, 0.2) is 0 Å². The standard InChI is InChI=1S/C13H14BrF2N3/c1-2-4-19-5-3-17-13(19)8-18-12-6-9(14)10(15)7-11(12)16/h3,5-7,18H,2,4,8H2,1H3. The minimum absolute atomic E-state index is 0.230. The largest absolute Gasteiger partial charge is 0.375 e. The first-order chi connectivity index (χ1) is 9.11. The van der Waals surface area contributed by atoms with Crippen molar-refractivity contribution in [1.29, 1.82) is 0 Å².